The van der Waals surface area contributed by atoms with E-state index >= 15 is 0 Å². The van der Waals surface area contributed by atoms with E-state index in [1.165, 1.54) is 11.6 Å². The van der Waals surface area contributed by atoms with Crippen molar-refractivity contribution < 1.29 is 0 Å². The van der Waals surface area contributed by atoms with Crippen LogP contribution in [-0.4, -0.2) is 49.8 Å². The molecular formula is C25H26BrClN6O2. The van der Waals surface area contributed by atoms with Gasteiger partial charge in [-0.1, -0.05) is 57.9 Å². The first-order chi connectivity index (χ1) is 16.8. The highest BCUT2D eigenvalue weighted by Gasteiger charge is 2.26. The molecule has 0 aliphatic carbocycles. The number of hydrogen-bond acceptors (Lipinski definition) is 5. The largest absolute Gasteiger partial charge is 0.340 e. The summed E-state index contributed by atoms with van der Waals surface area (Å²) in [6.45, 7) is 4.45. The average Bonchev–Trinajstić information content (AvgIpc) is 3.24. The van der Waals surface area contributed by atoms with E-state index in [9.17, 15) is 9.59 Å². The van der Waals surface area contributed by atoms with Gasteiger partial charge in [-0.25, -0.2) is 4.79 Å². The Kier molecular flexibility index (Phi) is 6.57. The predicted molar refractivity (Wildman–Crippen MR) is 142 cm³/mol. The molecule has 0 radical (unpaired) electrons. The molecule has 3 heterocycles. The Morgan fingerprint density at radius 1 is 0.914 bits per heavy atom. The van der Waals surface area contributed by atoms with Crippen molar-refractivity contribution in [2.45, 2.75) is 13.1 Å². The highest BCUT2D eigenvalue weighted by Crippen LogP contribution is 2.24. The number of aromatic nitrogens is 4. The van der Waals surface area contributed by atoms with Crippen molar-refractivity contribution in [2.75, 3.05) is 31.1 Å². The van der Waals surface area contributed by atoms with Crippen LogP contribution in [0.5, 0.6) is 0 Å². The molecule has 0 unspecified atom stereocenters. The summed E-state index contributed by atoms with van der Waals surface area (Å²) < 4.78 is 5.54. The SMILES string of the molecule is Cn1c(=O)c2c(nc(N3CCN(Cc4ccccc4Cl)CC3)n2Cc2ccc(Br)cc2)n(C)c1=O. The second kappa shape index (κ2) is 9.64. The summed E-state index contributed by atoms with van der Waals surface area (Å²) in [4.78, 5) is 35.2. The second-order valence-electron chi connectivity index (χ2n) is 8.86. The normalized spacial score (nSPS) is 14.7. The van der Waals surface area contributed by atoms with Gasteiger partial charge < -0.3 is 4.90 Å². The van der Waals surface area contributed by atoms with Gasteiger partial charge in [0.15, 0.2) is 11.2 Å². The molecule has 2 aromatic carbocycles. The molecule has 0 atom stereocenters. The number of halogens is 2. The molecule has 1 aliphatic rings. The number of benzene rings is 2. The van der Waals surface area contributed by atoms with Gasteiger partial charge in [0, 0.05) is 56.3 Å². The molecule has 1 saturated heterocycles. The van der Waals surface area contributed by atoms with Crippen LogP contribution in [0.4, 0.5) is 5.95 Å². The van der Waals surface area contributed by atoms with Crippen molar-refractivity contribution in [2.24, 2.45) is 14.1 Å². The number of hydrogen-bond donors (Lipinski definition) is 0. The maximum absolute atomic E-state index is 13.2. The number of nitrogens with zero attached hydrogens (tertiary/aromatic N) is 6. The van der Waals surface area contributed by atoms with Gasteiger partial charge in [0.2, 0.25) is 5.95 Å². The minimum Gasteiger partial charge on any atom is -0.340 e. The van der Waals surface area contributed by atoms with Crippen molar-refractivity contribution in [3.8, 4) is 0 Å². The second-order valence-corrected chi connectivity index (χ2v) is 10.2. The fourth-order valence-electron chi connectivity index (χ4n) is 4.57. The molecule has 0 bridgehead atoms. The zero-order chi connectivity index (χ0) is 24.7. The molecule has 0 spiro atoms. The van der Waals surface area contributed by atoms with Crippen LogP contribution < -0.4 is 16.1 Å². The molecule has 1 aliphatic heterocycles. The standard InChI is InChI=1S/C25H26BrClN6O2/c1-29-22-21(23(34)30(2)25(29)35)33(15-17-7-9-19(26)10-8-17)24(28-22)32-13-11-31(12-14-32)16-18-5-3-4-6-20(18)27/h3-10H,11-16H2,1-2H3. The summed E-state index contributed by atoms with van der Waals surface area (Å²) >= 11 is 9.84. The van der Waals surface area contributed by atoms with E-state index in [1.54, 1.807) is 7.05 Å². The lowest BCUT2D eigenvalue weighted by Crippen LogP contribution is -2.47. The summed E-state index contributed by atoms with van der Waals surface area (Å²) in [5, 5.41) is 0.781. The highest BCUT2D eigenvalue weighted by molar-refractivity contribution is 9.10. The maximum Gasteiger partial charge on any atom is 0.332 e. The third-order valence-electron chi connectivity index (χ3n) is 6.59. The van der Waals surface area contributed by atoms with Gasteiger partial charge in [-0.05, 0) is 29.3 Å². The summed E-state index contributed by atoms with van der Waals surface area (Å²) in [5.74, 6) is 0.707. The number of anilines is 1. The Morgan fingerprint density at radius 3 is 2.29 bits per heavy atom. The number of imidazole rings is 1. The van der Waals surface area contributed by atoms with Gasteiger partial charge in [0.25, 0.3) is 5.56 Å². The third-order valence-corrected chi connectivity index (χ3v) is 7.49. The Hall–Kier alpha value is -2.88. The first kappa shape index (κ1) is 23.8. The molecule has 0 saturated carbocycles. The van der Waals surface area contributed by atoms with E-state index in [0.29, 0.717) is 23.7 Å². The third kappa shape index (κ3) is 4.55. The summed E-state index contributed by atoms with van der Waals surface area (Å²) in [6.07, 6.45) is 0. The smallest absolute Gasteiger partial charge is 0.332 e. The molecule has 8 nitrogen and oxygen atoms in total. The summed E-state index contributed by atoms with van der Waals surface area (Å²) in [6, 6.07) is 15.9. The van der Waals surface area contributed by atoms with Crippen LogP contribution in [0.3, 0.4) is 0 Å². The summed E-state index contributed by atoms with van der Waals surface area (Å²) in [5.41, 5.74) is 2.28. The van der Waals surface area contributed by atoms with E-state index in [0.717, 1.165) is 57.9 Å². The quantitative estimate of drug-likeness (QED) is 0.377. The fourth-order valence-corrected chi connectivity index (χ4v) is 5.03. The van der Waals surface area contributed by atoms with Gasteiger partial charge in [-0.2, -0.15) is 4.98 Å². The van der Waals surface area contributed by atoms with E-state index in [1.807, 2.05) is 47.0 Å². The predicted octanol–water partition coefficient (Wildman–Crippen LogP) is 3.22. The lowest BCUT2D eigenvalue weighted by atomic mass is 10.2. The van der Waals surface area contributed by atoms with Crippen molar-refractivity contribution >= 4 is 44.6 Å². The molecule has 4 aromatic rings. The van der Waals surface area contributed by atoms with Gasteiger partial charge in [0.05, 0.1) is 6.54 Å². The van der Waals surface area contributed by atoms with Gasteiger partial charge in [-0.3, -0.25) is 23.4 Å². The first-order valence-corrected chi connectivity index (χ1v) is 12.6. The van der Waals surface area contributed by atoms with Crippen LogP contribution in [0.15, 0.2) is 62.6 Å². The van der Waals surface area contributed by atoms with Gasteiger partial charge in [-0.15, -0.1) is 0 Å². The Morgan fingerprint density at radius 2 is 1.60 bits per heavy atom. The summed E-state index contributed by atoms with van der Waals surface area (Å²) in [7, 11) is 3.17. The Bertz CT molecular complexity index is 1500. The van der Waals surface area contributed by atoms with Crippen LogP contribution >= 0.6 is 27.5 Å². The molecule has 35 heavy (non-hydrogen) atoms. The minimum absolute atomic E-state index is 0.337. The molecule has 5 rings (SSSR count). The van der Waals surface area contributed by atoms with Gasteiger partial charge >= 0.3 is 5.69 Å². The van der Waals surface area contributed by atoms with Crippen molar-refractivity contribution in [1.82, 2.24) is 23.6 Å². The molecule has 0 amide bonds. The molecule has 182 valence electrons. The van der Waals surface area contributed by atoms with Crippen LogP contribution in [0.25, 0.3) is 11.2 Å². The van der Waals surface area contributed by atoms with Gasteiger partial charge in [0.1, 0.15) is 0 Å². The number of piperazine rings is 1. The van der Waals surface area contributed by atoms with Crippen LogP contribution in [-0.2, 0) is 27.2 Å². The van der Waals surface area contributed by atoms with E-state index in [-0.39, 0.29) is 11.2 Å². The number of rotatable bonds is 5. The van der Waals surface area contributed by atoms with Crippen LogP contribution in [0.2, 0.25) is 5.02 Å². The van der Waals surface area contributed by atoms with E-state index < -0.39 is 0 Å². The maximum atomic E-state index is 13.2. The van der Waals surface area contributed by atoms with Crippen molar-refractivity contribution in [3.05, 3.63) is 90.0 Å². The Balaban J connectivity index is 1.50. The molecule has 0 N–H and O–H groups in total. The molecule has 1 fully saturated rings. The lowest BCUT2D eigenvalue weighted by Gasteiger charge is -2.35. The monoisotopic (exact) mass is 556 g/mol. The Labute approximate surface area is 216 Å². The first-order valence-electron chi connectivity index (χ1n) is 11.4. The number of fused-ring (bicyclic) bond motifs is 1. The highest BCUT2D eigenvalue weighted by atomic mass is 79.9. The topological polar surface area (TPSA) is 68.3 Å². The van der Waals surface area contributed by atoms with Crippen molar-refractivity contribution in [1.29, 1.82) is 0 Å². The zero-order valence-electron chi connectivity index (χ0n) is 19.6. The van der Waals surface area contributed by atoms with E-state index in [4.69, 9.17) is 16.6 Å². The van der Waals surface area contributed by atoms with E-state index in [2.05, 4.69) is 31.8 Å². The minimum atomic E-state index is -0.382. The molecule has 10 heteroatoms. The van der Waals surface area contributed by atoms with Crippen LogP contribution in [0.1, 0.15) is 11.1 Å². The molecular weight excluding hydrogens is 532 g/mol. The fraction of sp³-hybridized carbons (Fsp3) is 0.320. The average molecular weight is 558 g/mol. The number of aryl methyl sites for hydroxylation is 1. The van der Waals surface area contributed by atoms with Crippen molar-refractivity contribution in [3.63, 3.8) is 0 Å². The van der Waals surface area contributed by atoms with Crippen LogP contribution in [0, 0.1) is 0 Å². The zero-order valence-corrected chi connectivity index (χ0v) is 22.0. The molecule has 2 aromatic heterocycles. The lowest BCUT2D eigenvalue weighted by molar-refractivity contribution is 0.248.